The zero-order valence-corrected chi connectivity index (χ0v) is 18.6. The van der Waals surface area contributed by atoms with Crippen molar-refractivity contribution in [3.63, 3.8) is 0 Å². The first kappa shape index (κ1) is 21.7. The molecule has 0 spiro atoms. The van der Waals surface area contributed by atoms with E-state index in [4.69, 9.17) is 0 Å². The lowest BCUT2D eigenvalue weighted by Crippen LogP contribution is -2.38. The van der Waals surface area contributed by atoms with Crippen molar-refractivity contribution in [3.8, 4) is 0 Å². The highest BCUT2D eigenvalue weighted by atomic mass is 32.3. The Balaban J connectivity index is 1.78. The number of hydrogen-bond acceptors (Lipinski definition) is 5. The van der Waals surface area contributed by atoms with E-state index in [1.54, 1.807) is 30.7 Å². The molecule has 0 amide bonds. The van der Waals surface area contributed by atoms with Gasteiger partial charge in [0.15, 0.2) is 0 Å². The van der Waals surface area contributed by atoms with Crippen molar-refractivity contribution in [2.75, 3.05) is 0 Å². The van der Waals surface area contributed by atoms with Gasteiger partial charge in [-0.1, -0.05) is 32.9 Å². The van der Waals surface area contributed by atoms with Crippen LogP contribution in [0.25, 0.3) is 0 Å². The van der Waals surface area contributed by atoms with E-state index in [9.17, 15) is 13.5 Å². The second kappa shape index (κ2) is 7.34. The minimum atomic E-state index is -3.09. The SMILES string of the molecule is Cn1nc(C(C)(C)C)cc1C1=NN=C(C(C)(C)S(O)(O)Cc2ccc(F)cc2)C1. The van der Waals surface area contributed by atoms with Crippen LogP contribution < -0.4 is 0 Å². The zero-order valence-electron chi connectivity index (χ0n) is 17.8. The van der Waals surface area contributed by atoms with Gasteiger partial charge in [-0.25, -0.2) is 4.39 Å². The Labute approximate surface area is 172 Å². The lowest BCUT2D eigenvalue weighted by Gasteiger charge is -2.46. The summed E-state index contributed by atoms with van der Waals surface area (Å²) in [5.74, 6) is -0.317. The van der Waals surface area contributed by atoms with Gasteiger partial charge in [0.2, 0.25) is 0 Å². The standard InChI is InChI=1S/C21H29FN4O2S/c1-20(2,3)18-12-17(26(6)25-18)16-11-19(24-23-16)21(4,5)29(27,28)13-14-7-9-15(22)10-8-14/h7-10,12,27-28H,11,13H2,1-6H3. The Morgan fingerprint density at radius 3 is 2.24 bits per heavy atom. The fourth-order valence-corrected chi connectivity index (χ4v) is 4.62. The molecule has 158 valence electrons. The monoisotopic (exact) mass is 420 g/mol. The molecule has 3 rings (SSSR count). The minimum absolute atomic E-state index is 0.0362. The van der Waals surface area contributed by atoms with E-state index in [0.717, 1.165) is 17.1 Å². The van der Waals surface area contributed by atoms with Crippen LogP contribution >= 0.6 is 10.6 Å². The fraction of sp³-hybridized carbons (Fsp3) is 0.476. The van der Waals surface area contributed by atoms with E-state index >= 15 is 0 Å². The molecule has 0 aliphatic carbocycles. The second-order valence-corrected chi connectivity index (χ2v) is 11.6. The van der Waals surface area contributed by atoms with Crippen molar-refractivity contribution in [2.24, 2.45) is 17.3 Å². The Bertz CT molecular complexity index is 970. The molecular formula is C21H29FN4O2S. The Kier molecular flexibility index (Phi) is 5.49. The third kappa shape index (κ3) is 4.29. The van der Waals surface area contributed by atoms with Crippen LogP contribution in [0.3, 0.4) is 0 Å². The predicted octanol–water partition coefficient (Wildman–Crippen LogP) is 5.13. The highest BCUT2D eigenvalue weighted by Gasteiger charge is 2.41. The van der Waals surface area contributed by atoms with E-state index in [-0.39, 0.29) is 17.0 Å². The van der Waals surface area contributed by atoms with Crippen LogP contribution in [-0.2, 0) is 18.2 Å². The summed E-state index contributed by atoms with van der Waals surface area (Å²) in [4.78, 5) is 0. The number of hydrogen-bond donors (Lipinski definition) is 2. The molecule has 2 aromatic rings. The molecule has 0 radical (unpaired) electrons. The van der Waals surface area contributed by atoms with Gasteiger partial charge in [0.1, 0.15) is 5.82 Å². The summed E-state index contributed by atoms with van der Waals surface area (Å²) < 4.78 is 35.9. The van der Waals surface area contributed by atoms with Crippen LogP contribution in [0.15, 0.2) is 40.5 Å². The van der Waals surface area contributed by atoms with Gasteiger partial charge < -0.3 is 0 Å². The van der Waals surface area contributed by atoms with Gasteiger partial charge in [0, 0.05) is 18.9 Å². The van der Waals surface area contributed by atoms with Gasteiger partial charge in [-0.05, 0) is 37.6 Å². The minimum Gasteiger partial charge on any atom is -0.298 e. The van der Waals surface area contributed by atoms with Gasteiger partial charge >= 0.3 is 0 Å². The summed E-state index contributed by atoms with van der Waals surface area (Å²) in [7, 11) is -1.22. The van der Waals surface area contributed by atoms with Crippen LogP contribution in [-0.4, -0.2) is 35.1 Å². The molecule has 6 nitrogen and oxygen atoms in total. The highest BCUT2D eigenvalue weighted by Crippen LogP contribution is 2.56. The third-order valence-electron chi connectivity index (χ3n) is 5.36. The quantitative estimate of drug-likeness (QED) is 0.703. The number of aromatic nitrogens is 2. The predicted molar refractivity (Wildman–Crippen MR) is 118 cm³/mol. The normalized spacial score (nSPS) is 16.0. The van der Waals surface area contributed by atoms with Crippen molar-refractivity contribution in [1.29, 1.82) is 0 Å². The van der Waals surface area contributed by atoms with Gasteiger partial charge in [-0.15, -0.1) is 0 Å². The van der Waals surface area contributed by atoms with Crippen LogP contribution in [0.5, 0.6) is 0 Å². The maximum atomic E-state index is 13.2. The van der Waals surface area contributed by atoms with E-state index < -0.39 is 15.3 Å². The molecule has 29 heavy (non-hydrogen) atoms. The van der Waals surface area contributed by atoms with Crippen LogP contribution in [0.4, 0.5) is 4.39 Å². The molecule has 0 saturated carbocycles. The van der Waals surface area contributed by atoms with Crippen LogP contribution in [0.2, 0.25) is 0 Å². The zero-order chi connectivity index (χ0) is 21.6. The molecular weight excluding hydrogens is 391 g/mol. The molecule has 1 aromatic heterocycles. The lowest BCUT2D eigenvalue weighted by molar-refractivity contribution is 0.463. The number of halogens is 1. The highest BCUT2D eigenvalue weighted by molar-refractivity contribution is 8.25. The largest absolute Gasteiger partial charge is 0.298 e. The molecule has 2 heterocycles. The first-order valence-corrected chi connectivity index (χ1v) is 11.2. The van der Waals surface area contributed by atoms with Crippen LogP contribution in [0.1, 0.15) is 58.0 Å². The topological polar surface area (TPSA) is 83.0 Å². The van der Waals surface area contributed by atoms with E-state index in [2.05, 4.69) is 36.1 Å². The van der Waals surface area contributed by atoms with E-state index in [1.807, 2.05) is 13.1 Å². The molecule has 0 atom stereocenters. The second-order valence-electron chi connectivity index (χ2n) is 9.01. The summed E-state index contributed by atoms with van der Waals surface area (Å²) in [5.41, 5.74) is 3.80. The fourth-order valence-electron chi connectivity index (χ4n) is 3.11. The third-order valence-corrected chi connectivity index (χ3v) is 7.97. The summed E-state index contributed by atoms with van der Waals surface area (Å²) >= 11 is 0. The average Bonchev–Trinajstić information content (AvgIpc) is 3.23. The number of aryl methyl sites for hydroxylation is 1. The van der Waals surface area contributed by atoms with Gasteiger partial charge in [0.25, 0.3) is 0 Å². The molecule has 0 unspecified atom stereocenters. The van der Waals surface area contributed by atoms with Gasteiger partial charge in [-0.3, -0.25) is 13.8 Å². The van der Waals surface area contributed by atoms with Crippen molar-refractivity contribution < 1.29 is 13.5 Å². The molecule has 1 aliphatic rings. The number of nitrogens with zero attached hydrogens (tertiary/aromatic N) is 4. The maximum Gasteiger partial charge on any atom is 0.123 e. The molecule has 1 aromatic carbocycles. The van der Waals surface area contributed by atoms with Gasteiger partial charge in [0.05, 0.1) is 33.3 Å². The number of benzene rings is 1. The van der Waals surface area contributed by atoms with Crippen molar-refractivity contribution in [2.45, 2.75) is 57.0 Å². The summed E-state index contributed by atoms with van der Waals surface area (Å²) in [5, 5.41) is 13.2. The van der Waals surface area contributed by atoms with Crippen molar-refractivity contribution in [3.05, 3.63) is 53.1 Å². The smallest absolute Gasteiger partial charge is 0.123 e. The molecule has 0 bridgehead atoms. The first-order valence-electron chi connectivity index (χ1n) is 9.50. The molecule has 0 fully saturated rings. The van der Waals surface area contributed by atoms with E-state index in [0.29, 0.717) is 17.7 Å². The summed E-state index contributed by atoms with van der Waals surface area (Å²) in [6.45, 7) is 9.85. The average molecular weight is 421 g/mol. The Morgan fingerprint density at radius 1 is 1.07 bits per heavy atom. The molecule has 1 aliphatic heterocycles. The van der Waals surface area contributed by atoms with Crippen LogP contribution in [0, 0.1) is 5.82 Å². The molecule has 2 N–H and O–H groups in total. The summed E-state index contributed by atoms with van der Waals surface area (Å²) in [6.07, 6.45) is 0.426. The van der Waals surface area contributed by atoms with E-state index in [1.165, 1.54) is 12.1 Å². The lowest BCUT2D eigenvalue weighted by atomic mass is 9.92. The van der Waals surface area contributed by atoms with Crippen molar-refractivity contribution >= 4 is 22.0 Å². The molecule has 0 saturated heterocycles. The van der Waals surface area contributed by atoms with Crippen molar-refractivity contribution in [1.82, 2.24) is 9.78 Å². The number of rotatable bonds is 5. The Hall–Kier alpha value is -2.03. The maximum absolute atomic E-state index is 13.2. The first-order chi connectivity index (χ1) is 13.3. The Morgan fingerprint density at radius 2 is 1.69 bits per heavy atom. The van der Waals surface area contributed by atoms with Gasteiger partial charge in [-0.2, -0.15) is 25.9 Å². The molecule has 8 heteroatoms. The summed E-state index contributed by atoms with van der Waals surface area (Å²) in [6, 6.07) is 7.80.